The van der Waals surface area contributed by atoms with Gasteiger partial charge < -0.3 is 9.84 Å². The number of carbonyl (C=O) groups excluding carboxylic acids is 4. The summed E-state index contributed by atoms with van der Waals surface area (Å²) in [4.78, 5) is 49.7. The molecule has 6 nitrogen and oxygen atoms in total. The minimum absolute atomic E-state index is 0.0654. The van der Waals surface area contributed by atoms with Gasteiger partial charge in [0.1, 0.15) is 17.2 Å². The maximum Gasteiger partial charge on any atom is 0.303 e. The molecule has 0 heterocycles. The molecular formula is C23H31BrO6. The van der Waals surface area contributed by atoms with Crippen LogP contribution in [0.15, 0.2) is 0 Å². The number of hydrogen-bond donors (Lipinski definition) is 1. The third-order valence-electron chi connectivity index (χ3n) is 9.22. The van der Waals surface area contributed by atoms with E-state index in [9.17, 15) is 24.3 Å². The number of Topliss-reactive ketones (excluding diaryl/α,β-unsaturated/α-hetero) is 3. The smallest absolute Gasteiger partial charge is 0.303 e. The van der Waals surface area contributed by atoms with Crippen LogP contribution >= 0.6 is 15.9 Å². The topological polar surface area (TPSA) is 97.7 Å². The Morgan fingerprint density at radius 1 is 1.10 bits per heavy atom. The molecule has 1 N–H and O–H groups in total. The Labute approximate surface area is 185 Å². The number of aliphatic hydroxyl groups is 1. The Balaban J connectivity index is 1.65. The summed E-state index contributed by atoms with van der Waals surface area (Å²) in [7, 11) is 0. The highest BCUT2D eigenvalue weighted by Gasteiger charge is 2.69. The summed E-state index contributed by atoms with van der Waals surface area (Å²) >= 11 is 3.61. The van der Waals surface area contributed by atoms with Gasteiger partial charge in [0.05, 0.1) is 4.83 Å². The van der Waals surface area contributed by atoms with E-state index in [0.717, 1.165) is 19.3 Å². The van der Waals surface area contributed by atoms with Gasteiger partial charge in [0.15, 0.2) is 6.61 Å². The Bertz CT molecular complexity index is 810. The first-order valence-electron chi connectivity index (χ1n) is 11.0. The Morgan fingerprint density at radius 2 is 1.80 bits per heavy atom. The molecule has 0 aromatic heterocycles. The van der Waals surface area contributed by atoms with Gasteiger partial charge in [0.25, 0.3) is 0 Å². The molecule has 4 aliphatic carbocycles. The second-order valence-corrected chi connectivity index (χ2v) is 11.5. The predicted molar refractivity (Wildman–Crippen MR) is 112 cm³/mol. The van der Waals surface area contributed by atoms with Crippen LogP contribution in [-0.2, 0) is 23.9 Å². The first-order chi connectivity index (χ1) is 14.0. The van der Waals surface area contributed by atoms with Crippen LogP contribution in [0.2, 0.25) is 0 Å². The number of rotatable bonds is 3. The van der Waals surface area contributed by atoms with Gasteiger partial charge in [-0.15, -0.1) is 0 Å². The number of carbonyl (C=O) groups is 4. The summed E-state index contributed by atoms with van der Waals surface area (Å²) in [6.07, 6.45) is 4.07. The number of ketones is 3. The fourth-order valence-electron chi connectivity index (χ4n) is 7.66. The summed E-state index contributed by atoms with van der Waals surface area (Å²) in [6, 6.07) is 0. The number of hydrogen-bond acceptors (Lipinski definition) is 6. The van der Waals surface area contributed by atoms with Gasteiger partial charge in [-0.05, 0) is 55.3 Å². The lowest BCUT2D eigenvalue weighted by atomic mass is 9.44. The first-order valence-corrected chi connectivity index (χ1v) is 12.0. The molecule has 8 atom stereocenters. The van der Waals surface area contributed by atoms with E-state index in [-0.39, 0.29) is 51.9 Å². The van der Waals surface area contributed by atoms with Crippen LogP contribution in [0, 0.1) is 34.5 Å². The monoisotopic (exact) mass is 482 g/mol. The van der Waals surface area contributed by atoms with Crippen molar-refractivity contribution in [2.24, 2.45) is 34.5 Å². The van der Waals surface area contributed by atoms with Crippen molar-refractivity contribution in [2.75, 3.05) is 6.61 Å². The highest BCUT2D eigenvalue weighted by atomic mass is 79.9. The zero-order valence-corrected chi connectivity index (χ0v) is 19.5. The van der Waals surface area contributed by atoms with Gasteiger partial charge in [-0.25, -0.2) is 0 Å². The second kappa shape index (κ2) is 7.22. The van der Waals surface area contributed by atoms with Crippen molar-refractivity contribution in [2.45, 2.75) is 76.1 Å². The average molecular weight is 483 g/mol. The van der Waals surface area contributed by atoms with E-state index in [0.29, 0.717) is 19.3 Å². The van der Waals surface area contributed by atoms with Gasteiger partial charge in [-0.1, -0.05) is 29.8 Å². The zero-order valence-electron chi connectivity index (χ0n) is 17.9. The summed E-state index contributed by atoms with van der Waals surface area (Å²) in [6.45, 7) is 4.82. The molecule has 166 valence electrons. The molecule has 0 aromatic carbocycles. The molecule has 0 amide bonds. The van der Waals surface area contributed by atoms with E-state index < -0.39 is 29.4 Å². The SMILES string of the molecule is CC(=O)OCC(=O)[C@]1(O)CC[C@@H]2[C@@H]3CC[C@H]4[C@H](Br)C(=O)CC[C@]4(C)[C@H]3C(=O)C[C@]21C. The van der Waals surface area contributed by atoms with E-state index in [1.165, 1.54) is 6.92 Å². The molecule has 0 saturated heterocycles. The highest BCUT2D eigenvalue weighted by Crippen LogP contribution is 2.67. The Hall–Kier alpha value is -1.08. The molecule has 0 aromatic rings. The van der Waals surface area contributed by atoms with Gasteiger partial charge in [0.2, 0.25) is 5.78 Å². The maximum atomic E-state index is 13.6. The summed E-state index contributed by atoms with van der Waals surface area (Å²) in [5, 5.41) is 11.5. The van der Waals surface area contributed by atoms with E-state index >= 15 is 0 Å². The third-order valence-corrected chi connectivity index (χ3v) is 10.4. The van der Waals surface area contributed by atoms with E-state index in [1.54, 1.807) is 0 Å². The fourth-order valence-corrected chi connectivity index (χ4v) is 8.76. The largest absolute Gasteiger partial charge is 0.458 e. The van der Waals surface area contributed by atoms with Crippen LogP contribution in [0.4, 0.5) is 0 Å². The lowest BCUT2D eigenvalue weighted by Crippen LogP contribution is -2.63. The summed E-state index contributed by atoms with van der Waals surface area (Å²) in [5.74, 6) is -0.522. The second-order valence-electron chi connectivity index (χ2n) is 10.5. The van der Waals surface area contributed by atoms with E-state index in [4.69, 9.17) is 4.74 Å². The first kappa shape index (κ1) is 22.1. The van der Waals surface area contributed by atoms with E-state index in [2.05, 4.69) is 22.9 Å². The maximum absolute atomic E-state index is 13.6. The molecule has 0 bridgehead atoms. The van der Waals surface area contributed by atoms with Crippen molar-refractivity contribution in [3.63, 3.8) is 0 Å². The molecule has 4 saturated carbocycles. The Morgan fingerprint density at radius 3 is 2.47 bits per heavy atom. The number of ether oxygens (including phenoxy) is 1. The van der Waals surface area contributed by atoms with Crippen LogP contribution < -0.4 is 0 Å². The van der Waals surface area contributed by atoms with Gasteiger partial charge >= 0.3 is 5.97 Å². The average Bonchev–Trinajstić information content (AvgIpc) is 2.94. The molecule has 0 radical (unpaired) electrons. The van der Waals surface area contributed by atoms with Crippen molar-refractivity contribution < 1.29 is 29.0 Å². The molecule has 4 fully saturated rings. The standard InChI is InChI=1S/C23H31BrO6/c1-12(25)30-11-18(28)23(29)9-6-14-13-4-5-15-20(24)16(26)7-8-21(15,2)19(13)17(27)10-22(14,23)3/h13-15,19-20,29H,4-11H2,1-3H3/t13-,14+,15-,19+,20-,21-,22+,23+/m0/s1. The predicted octanol–water partition coefficient (Wildman–Crippen LogP) is 3.01. The lowest BCUT2D eigenvalue weighted by Gasteiger charge is -2.60. The van der Waals surface area contributed by atoms with Crippen LogP contribution in [0.25, 0.3) is 0 Å². The molecule has 4 aliphatic rings. The van der Waals surface area contributed by atoms with Crippen molar-refractivity contribution in [1.29, 1.82) is 0 Å². The van der Waals surface area contributed by atoms with Crippen molar-refractivity contribution in [3.05, 3.63) is 0 Å². The van der Waals surface area contributed by atoms with Crippen LogP contribution in [0.3, 0.4) is 0 Å². The normalized spacial score (nSPS) is 47.8. The van der Waals surface area contributed by atoms with Gasteiger partial charge in [-0.2, -0.15) is 0 Å². The molecule has 0 unspecified atom stereocenters. The number of alkyl halides is 1. The lowest BCUT2D eigenvalue weighted by molar-refractivity contribution is -0.179. The van der Waals surface area contributed by atoms with Crippen molar-refractivity contribution in [3.8, 4) is 0 Å². The third kappa shape index (κ3) is 2.90. The molecule has 4 rings (SSSR count). The molecule has 0 aliphatic heterocycles. The molecule has 7 heteroatoms. The number of halogens is 1. The van der Waals surface area contributed by atoms with Crippen LogP contribution in [0.1, 0.15) is 65.7 Å². The molecular weight excluding hydrogens is 452 g/mol. The minimum Gasteiger partial charge on any atom is -0.458 e. The van der Waals surface area contributed by atoms with Crippen molar-refractivity contribution in [1.82, 2.24) is 0 Å². The zero-order chi connectivity index (χ0) is 22.1. The van der Waals surface area contributed by atoms with Gasteiger partial charge in [-0.3, -0.25) is 19.2 Å². The molecule has 30 heavy (non-hydrogen) atoms. The summed E-state index contributed by atoms with van der Waals surface area (Å²) < 4.78 is 4.88. The molecule has 0 spiro atoms. The van der Waals surface area contributed by atoms with Gasteiger partial charge in [0, 0.05) is 31.1 Å². The Kier molecular flexibility index (Phi) is 5.33. The van der Waals surface area contributed by atoms with Crippen LogP contribution in [0.5, 0.6) is 0 Å². The number of esters is 1. The van der Waals surface area contributed by atoms with Crippen molar-refractivity contribution >= 4 is 39.2 Å². The summed E-state index contributed by atoms with van der Waals surface area (Å²) in [5.41, 5.74) is -2.72. The number of fused-ring (bicyclic) bond motifs is 5. The quantitative estimate of drug-likeness (QED) is 0.490. The highest BCUT2D eigenvalue weighted by molar-refractivity contribution is 9.10. The van der Waals surface area contributed by atoms with Crippen LogP contribution in [-0.4, -0.2) is 45.5 Å². The minimum atomic E-state index is -1.65. The van der Waals surface area contributed by atoms with E-state index in [1.807, 2.05) is 6.92 Å². The fraction of sp³-hybridized carbons (Fsp3) is 0.826.